The van der Waals surface area contributed by atoms with Crippen molar-refractivity contribution < 1.29 is 24.3 Å². The Balaban J connectivity index is 4.71. The molecule has 1 unspecified atom stereocenters. The van der Waals surface area contributed by atoms with E-state index in [-0.39, 0.29) is 6.42 Å². The second-order valence-electron chi connectivity index (χ2n) is 3.13. The molecule has 8 nitrogen and oxygen atoms in total. The maximum atomic E-state index is 11.6. The van der Waals surface area contributed by atoms with E-state index in [2.05, 4.69) is 9.57 Å². The molecular weight excluding hydrogens is 252 g/mol. The van der Waals surface area contributed by atoms with Gasteiger partial charge in [0.25, 0.3) is 5.09 Å². The average Bonchev–Trinajstić information content (AvgIpc) is 2.31. The number of esters is 1. The third-order valence-electron chi connectivity index (χ3n) is 2.05. The second kappa shape index (κ2) is 7.07. The Morgan fingerprint density at radius 1 is 1.53 bits per heavy atom. The Bertz CT molecular complexity index is 310. The number of Topliss-reactive ketones (excluding diaryl/α,β-unsaturated/α-hetero) is 1. The third-order valence-corrected chi connectivity index (χ3v) is 2.66. The Morgan fingerprint density at radius 2 is 2.12 bits per heavy atom. The minimum atomic E-state index is -1.90. The van der Waals surface area contributed by atoms with E-state index in [9.17, 15) is 19.7 Å². The van der Waals surface area contributed by atoms with Gasteiger partial charge < -0.3 is 15.3 Å². The molecule has 2 N–H and O–H groups in total. The molecule has 9 heteroatoms. The quantitative estimate of drug-likeness (QED) is 0.267. The van der Waals surface area contributed by atoms with E-state index >= 15 is 0 Å². The first kappa shape index (κ1) is 15.7. The van der Waals surface area contributed by atoms with Gasteiger partial charge in [0.2, 0.25) is 0 Å². The van der Waals surface area contributed by atoms with Crippen LogP contribution in [0.25, 0.3) is 0 Å². The minimum Gasteiger partial charge on any atom is -0.467 e. The Hall–Kier alpha value is -1.35. The van der Waals surface area contributed by atoms with Gasteiger partial charge in [0.1, 0.15) is 0 Å². The molecule has 0 saturated carbocycles. The van der Waals surface area contributed by atoms with Crippen molar-refractivity contribution in [1.82, 2.24) is 0 Å². The molecule has 0 bridgehead atoms. The number of thioether (sulfide) groups is 1. The number of ketones is 1. The van der Waals surface area contributed by atoms with Crippen molar-refractivity contribution in [3.8, 4) is 0 Å². The summed E-state index contributed by atoms with van der Waals surface area (Å²) in [6.07, 6.45) is 1.80. The summed E-state index contributed by atoms with van der Waals surface area (Å²) < 4.78 is 4.42. The first-order chi connectivity index (χ1) is 7.88. The molecule has 0 aliphatic carbocycles. The molecule has 0 radical (unpaired) electrons. The van der Waals surface area contributed by atoms with E-state index in [1.165, 1.54) is 11.8 Å². The van der Waals surface area contributed by atoms with Crippen LogP contribution in [0.4, 0.5) is 0 Å². The summed E-state index contributed by atoms with van der Waals surface area (Å²) in [5, 5.41) is 8.83. The SMILES string of the molecule is COC(=O)C(N)(CCSC)C(=O)CO[N+](=O)[O-]. The van der Waals surface area contributed by atoms with Crippen molar-refractivity contribution in [1.29, 1.82) is 0 Å². The molecule has 0 spiro atoms. The Kier molecular flexibility index (Phi) is 6.51. The van der Waals surface area contributed by atoms with Gasteiger partial charge in [-0.1, -0.05) is 0 Å². The van der Waals surface area contributed by atoms with Crippen LogP contribution in [0.15, 0.2) is 0 Å². The third kappa shape index (κ3) is 4.57. The number of nitrogens with zero attached hydrogens (tertiary/aromatic N) is 1. The van der Waals surface area contributed by atoms with E-state index in [1.54, 1.807) is 6.26 Å². The molecule has 0 fully saturated rings. The summed E-state index contributed by atoms with van der Waals surface area (Å²) >= 11 is 1.38. The van der Waals surface area contributed by atoms with Crippen molar-refractivity contribution in [3.63, 3.8) is 0 Å². The highest BCUT2D eigenvalue weighted by Gasteiger charge is 2.42. The number of hydrogen-bond acceptors (Lipinski definition) is 8. The highest BCUT2D eigenvalue weighted by atomic mass is 32.2. The van der Waals surface area contributed by atoms with Crippen molar-refractivity contribution in [3.05, 3.63) is 10.1 Å². The predicted molar refractivity (Wildman–Crippen MR) is 59.9 cm³/mol. The summed E-state index contributed by atoms with van der Waals surface area (Å²) in [6.45, 7) is -0.868. The van der Waals surface area contributed by atoms with Crippen LogP contribution in [-0.2, 0) is 19.2 Å². The number of carbonyl (C=O) groups is 2. The van der Waals surface area contributed by atoms with Crippen LogP contribution in [0.3, 0.4) is 0 Å². The van der Waals surface area contributed by atoms with Gasteiger partial charge in [-0.2, -0.15) is 11.8 Å². The normalized spacial score (nSPS) is 13.6. The first-order valence-corrected chi connectivity index (χ1v) is 5.94. The fourth-order valence-corrected chi connectivity index (χ4v) is 1.57. The minimum absolute atomic E-state index is 0.0285. The topological polar surface area (TPSA) is 122 Å². The van der Waals surface area contributed by atoms with E-state index in [0.29, 0.717) is 5.75 Å². The monoisotopic (exact) mass is 266 g/mol. The van der Waals surface area contributed by atoms with Crippen LogP contribution in [-0.4, -0.2) is 48.1 Å². The number of ether oxygens (including phenoxy) is 1. The molecule has 98 valence electrons. The van der Waals surface area contributed by atoms with Crippen LogP contribution in [0, 0.1) is 10.1 Å². The van der Waals surface area contributed by atoms with E-state index in [1.807, 2.05) is 0 Å². The van der Waals surface area contributed by atoms with Gasteiger partial charge >= 0.3 is 5.97 Å². The fraction of sp³-hybridized carbons (Fsp3) is 0.750. The van der Waals surface area contributed by atoms with E-state index in [0.717, 1.165) is 7.11 Å². The highest BCUT2D eigenvalue weighted by Crippen LogP contribution is 2.14. The predicted octanol–water partition coefficient (Wildman–Crippen LogP) is -0.613. The molecular formula is C8H14N2O6S. The number of methoxy groups -OCH3 is 1. The highest BCUT2D eigenvalue weighted by molar-refractivity contribution is 7.98. The largest absolute Gasteiger partial charge is 0.467 e. The van der Waals surface area contributed by atoms with Crippen LogP contribution >= 0.6 is 11.8 Å². The maximum absolute atomic E-state index is 11.6. The van der Waals surface area contributed by atoms with Crippen LogP contribution < -0.4 is 5.73 Å². The molecule has 0 aromatic rings. The summed E-state index contributed by atoms with van der Waals surface area (Å²) in [5.74, 6) is -1.37. The first-order valence-electron chi connectivity index (χ1n) is 4.55. The lowest BCUT2D eigenvalue weighted by molar-refractivity contribution is -0.754. The number of rotatable bonds is 8. The molecule has 1 atom stereocenters. The zero-order chi connectivity index (χ0) is 13.5. The van der Waals surface area contributed by atoms with Crippen molar-refractivity contribution in [2.45, 2.75) is 12.0 Å². The van der Waals surface area contributed by atoms with E-state index < -0.39 is 29.0 Å². The summed E-state index contributed by atoms with van der Waals surface area (Å²) in [5.41, 5.74) is 3.73. The molecule has 0 aliphatic rings. The van der Waals surface area contributed by atoms with Crippen molar-refractivity contribution in [2.75, 3.05) is 25.7 Å². The molecule has 0 rings (SSSR count). The lowest BCUT2D eigenvalue weighted by atomic mass is 9.92. The molecule has 0 aromatic heterocycles. The molecule has 0 saturated heterocycles. The van der Waals surface area contributed by atoms with Gasteiger partial charge in [-0.15, -0.1) is 10.1 Å². The summed E-state index contributed by atoms with van der Waals surface area (Å²) in [6, 6.07) is 0. The molecule has 0 heterocycles. The van der Waals surface area contributed by atoms with Gasteiger partial charge in [0.15, 0.2) is 17.9 Å². The molecule has 0 aromatic carbocycles. The lowest BCUT2D eigenvalue weighted by Gasteiger charge is -2.24. The zero-order valence-electron chi connectivity index (χ0n) is 9.50. The number of nitrogens with two attached hydrogens (primary N) is 1. The number of hydrogen-bond donors (Lipinski definition) is 1. The van der Waals surface area contributed by atoms with Gasteiger partial charge in [-0.05, 0) is 18.4 Å². The summed E-state index contributed by atoms with van der Waals surface area (Å²) in [7, 11) is 1.09. The van der Waals surface area contributed by atoms with Gasteiger partial charge in [0, 0.05) is 0 Å². The molecule has 17 heavy (non-hydrogen) atoms. The molecule has 0 aliphatic heterocycles. The average molecular weight is 266 g/mol. The lowest BCUT2D eigenvalue weighted by Crippen LogP contribution is -2.57. The van der Waals surface area contributed by atoms with Crippen LogP contribution in [0.1, 0.15) is 6.42 Å². The van der Waals surface area contributed by atoms with Gasteiger partial charge in [-0.3, -0.25) is 4.79 Å². The zero-order valence-corrected chi connectivity index (χ0v) is 10.3. The number of carbonyl (C=O) groups excluding carboxylic acids is 2. The van der Waals surface area contributed by atoms with Crippen LogP contribution in [0.2, 0.25) is 0 Å². The van der Waals surface area contributed by atoms with Crippen molar-refractivity contribution in [2.24, 2.45) is 5.73 Å². The van der Waals surface area contributed by atoms with E-state index in [4.69, 9.17) is 5.73 Å². The van der Waals surface area contributed by atoms with Crippen molar-refractivity contribution >= 4 is 23.5 Å². The van der Waals surface area contributed by atoms with Gasteiger partial charge in [-0.25, -0.2) is 4.79 Å². The maximum Gasteiger partial charge on any atom is 0.333 e. The fourth-order valence-electron chi connectivity index (χ4n) is 1.04. The Morgan fingerprint density at radius 3 is 2.53 bits per heavy atom. The summed E-state index contributed by atoms with van der Waals surface area (Å²) in [4.78, 5) is 36.9. The molecule has 0 amide bonds. The smallest absolute Gasteiger partial charge is 0.333 e. The van der Waals surface area contributed by atoms with Crippen LogP contribution in [0.5, 0.6) is 0 Å². The van der Waals surface area contributed by atoms with Gasteiger partial charge in [0.05, 0.1) is 7.11 Å². The second-order valence-corrected chi connectivity index (χ2v) is 4.11. The standard InChI is InChI=1S/C8H14N2O6S/c1-15-7(12)8(9,3-4-17-2)6(11)5-16-10(13)14/h3-5,9H2,1-2H3. The Labute approximate surface area is 102 Å².